The lowest BCUT2D eigenvalue weighted by Crippen LogP contribution is -2.36. The Bertz CT molecular complexity index is 432. The van der Waals surface area contributed by atoms with Crippen molar-refractivity contribution < 1.29 is 19.4 Å². The highest BCUT2D eigenvalue weighted by Crippen LogP contribution is 2.33. The van der Waals surface area contributed by atoms with Crippen LogP contribution in [0.2, 0.25) is 0 Å². The molecule has 0 amide bonds. The lowest BCUT2D eigenvalue weighted by atomic mass is 9.81. The van der Waals surface area contributed by atoms with E-state index in [1.54, 1.807) is 6.92 Å². The zero-order valence-electron chi connectivity index (χ0n) is 9.58. The number of aliphatic hydroxyl groups is 1. The second kappa shape index (κ2) is 5.14. The van der Waals surface area contributed by atoms with Crippen LogP contribution < -0.4 is 0 Å². The average Bonchev–Trinajstić information content (AvgIpc) is 2.21. The summed E-state index contributed by atoms with van der Waals surface area (Å²) in [6, 6.07) is 4.00. The number of halogens is 2. The zero-order chi connectivity index (χ0) is 13.2. The first kappa shape index (κ1) is 14.1. The molecule has 17 heavy (non-hydrogen) atoms. The first-order chi connectivity index (χ1) is 7.80. The topological polar surface area (TPSA) is 57.5 Å². The van der Waals surface area contributed by atoms with Crippen LogP contribution in [0.3, 0.4) is 0 Å². The molecular formula is C12H14BrFO3. The molecule has 5 heteroatoms. The molecule has 2 unspecified atom stereocenters. The number of benzene rings is 1. The van der Waals surface area contributed by atoms with Crippen LogP contribution in [0.25, 0.3) is 0 Å². The van der Waals surface area contributed by atoms with Gasteiger partial charge in [-0.1, -0.05) is 13.0 Å². The molecule has 1 aromatic rings. The molecule has 0 bridgehead atoms. The predicted octanol–water partition coefficient (Wildman–Crippen LogP) is 2.91. The standard InChI is InChI=1S/C12H14BrFO3/c1-3-8(11(15)16)12(2,17)7-4-5-10(14)9(13)6-7/h4-6,8,17H,3H2,1-2H3,(H,15,16). The van der Waals surface area contributed by atoms with Crippen LogP contribution in [-0.4, -0.2) is 16.2 Å². The minimum absolute atomic E-state index is 0.204. The van der Waals surface area contributed by atoms with E-state index in [1.807, 2.05) is 0 Å². The highest BCUT2D eigenvalue weighted by Gasteiger charge is 2.37. The van der Waals surface area contributed by atoms with Crippen LogP contribution in [0.5, 0.6) is 0 Å². The second-order valence-electron chi connectivity index (χ2n) is 4.08. The van der Waals surface area contributed by atoms with Gasteiger partial charge in [-0.15, -0.1) is 0 Å². The van der Waals surface area contributed by atoms with E-state index < -0.39 is 23.3 Å². The minimum Gasteiger partial charge on any atom is -0.481 e. The molecular weight excluding hydrogens is 291 g/mol. The maximum Gasteiger partial charge on any atom is 0.309 e. The second-order valence-corrected chi connectivity index (χ2v) is 4.93. The van der Waals surface area contributed by atoms with Crippen molar-refractivity contribution in [1.29, 1.82) is 0 Å². The Labute approximate surface area is 107 Å². The highest BCUT2D eigenvalue weighted by molar-refractivity contribution is 9.10. The van der Waals surface area contributed by atoms with E-state index in [2.05, 4.69) is 15.9 Å². The minimum atomic E-state index is -1.53. The Morgan fingerprint density at radius 3 is 2.59 bits per heavy atom. The summed E-state index contributed by atoms with van der Waals surface area (Å²) >= 11 is 3.01. The smallest absolute Gasteiger partial charge is 0.309 e. The molecule has 0 aliphatic heterocycles. The summed E-state index contributed by atoms with van der Waals surface area (Å²) in [6.07, 6.45) is 0.289. The van der Waals surface area contributed by atoms with E-state index in [0.717, 1.165) is 0 Å². The van der Waals surface area contributed by atoms with Gasteiger partial charge in [0.05, 0.1) is 10.4 Å². The number of carboxylic acids is 1. The Kier molecular flexibility index (Phi) is 4.27. The fraction of sp³-hybridized carbons (Fsp3) is 0.417. The Morgan fingerprint density at radius 2 is 2.18 bits per heavy atom. The van der Waals surface area contributed by atoms with Crippen molar-refractivity contribution in [2.24, 2.45) is 5.92 Å². The zero-order valence-corrected chi connectivity index (χ0v) is 11.2. The fourth-order valence-corrected chi connectivity index (χ4v) is 2.20. The number of aliphatic carboxylic acids is 1. The lowest BCUT2D eigenvalue weighted by Gasteiger charge is -2.30. The van der Waals surface area contributed by atoms with Gasteiger partial charge in [0, 0.05) is 0 Å². The molecule has 2 N–H and O–H groups in total. The maximum absolute atomic E-state index is 13.1. The third-order valence-corrected chi connectivity index (χ3v) is 3.50. The first-order valence-corrected chi connectivity index (χ1v) is 6.00. The van der Waals surface area contributed by atoms with Crippen LogP contribution in [0, 0.1) is 11.7 Å². The van der Waals surface area contributed by atoms with Crippen LogP contribution in [0.1, 0.15) is 25.8 Å². The third kappa shape index (κ3) is 2.84. The summed E-state index contributed by atoms with van der Waals surface area (Å²) in [4.78, 5) is 11.1. The molecule has 94 valence electrons. The number of carbonyl (C=O) groups is 1. The molecule has 2 atom stereocenters. The van der Waals surface area contributed by atoms with Crippen LogP contribution in [-0.2, 0) is 10.4 Å². The van der Waals surface area contributed by atoms with Gasteiger partial charge in [0.1, 0.15) is 11.4 Å². The van der Waals surface area contributed by atoms with Crippen molar-refractivity contribution in [3.63, 3.8) is 0 Å². The normalized spacial score (nSPS) is 16.3. The van der Waals surface area contributed by atoms with Crippen molar-refractivity contribution in [3.05, 3.63) is 34.1 Å². The summed E-state index contributed by atoms with van der Waals surface area (Å²) in [5.41, 5.74) is -1.16. The molecule has 1 aromatic carbocycles. The van der Waals surface area contributed by atoms with Gasteiger partial charge < -0.3 is 10.2 Å². The SMILES string of the molecule is CCC(C(=O)O)C(C)(O)c1ccc(F)c(Br)c1. The van der Waals surface area contributed by atoms with Gasteiger partial charge in [-0.2, -0.15) is 0 Å². The van der Waals surface area contributed by atoms with Gasteiger partial charge in [0.2, 0.25) is 0 Å². The van der Waals surface area contributed by atoms with Crippen molar-refractivity contribution in [2.45, 2.75) is 25.9 Å². The molecule has 1 rings (SSSR count). The molecule has 0 spiro atoms. The van der Waals surface area contributed by atoms with E-state index in [-0.39, 0.29) is 10.9 Å². The van der Waals surface area contributed by atoms with Crippen LogP contribution >= 0.6 is 15.9 Å². The lowest BCUT2D eigenvalue weighted by molar-refractivity contribution is -0.152. The number of hydrogen-bond acceptors (Lipinski definition) is 2. The highest BCUT2D eigenvalue weighted by atomic mass is 79.9. The van der Waals surface area contributed by atoms with Crippen molar-refractivity contribution in [3.8, 4) is 0 Å². The van der Waals surface area contributed by atoms with Gasteiger partial charge in [0.15, 0.2) is 0 Å². The molecule has 0 saturated carbocycles. The fourth-order valence-electron chi connectivity index (χ4n) is 1.82. The molecule has 0 aliphatic carbocycles. The van der Waals surface area contributed by atoms with E-state index >= 15 is 0 Å². The van der Waals surface area contributed by atoms with E-state index in [4.69, 9.17) is 5.11 Å². The summed E-state index contributed by atoms with van der Waals surface area (Å²) < 4.78 is 13.3. The van der Waals surface area contributed by atoms with Gasteiger partial charge in [-0.25, -0.2) is 4.39 Å². The summed E-state index contributed by atoms with van der Waals surface area (Å²) in [5.74, 6) is -2.45. The molecule has 0 radical (unpaired) electrons. The number of carboxylic acid groups (broad SMARTS) is 1. The first-order valence-electron chi connectivity index (χ1n) is 5.21. The molecule has 0 saturated heterocycles. The largest absolute Gasteiger partial charge is 0.481 e. The molecule has 0 fully saturated rings. The van der Waals surface area contributed by atoms with Crippen molar-refractivity contribution in [2.75, 3.05) is 0 Å². The summed E-state index contributed by atoms with van der Waals surface area (Å²) in [7, 11) is 0. The maximum atomic E-state index is 13.1. The Morgan fingerprint density at radius 1 is 1.59 bits per heavy atom. The quantitative estimate of drug-likeness (QED) is 0.899. The summed E-state index contributed by atoms with van der Waals surface area (Å²) in [6.45, 7) is 3.11. The van der Waals surface area contributed by atoms with E-state index in [0.29, 0.717) is 5.56 Å². The number of rotatable bonds is 4. The molecule has 0 aliphatic rings. The third-order valence-electron chi connectivity index (χ3n) is 2.89. The van der Waals surface area contributed by atoms with Gasteiger partial charge >= 0.3 is 5.97 Å². The van der Waals surface area contributed by atoms with Gasteiger partial charge in [-0.05, 0) is 47.0 Å². The van der Waals surface area contributed by atoms with Crippen LogP contribution in [0.15, 0.2) is 22.7 Å². The van der Waals surface area contributed by atoms with Gasteiger partial charge in [0.25, 0.3) is 0 Å². The van der Waals surface area contributed by atoms with Crippen molar-refractivity contribution in [1.82, 2.24) is 0 Å². The Hall–Kier alpha value is -0.940. The monoisotopic (exact) mass is 304 g/mol. The van der Waals surface area contributed by atoms with E-state index in [9.17, 15) is 14.3 Å². The summed E-state index contributed by atoms with van der Waals surface area (Å²) in [5, 5.41) is 19.4. The van der Waals surface area contributed by atoms with Crippen LogP contribution in [0.4, 0.5) is 4.39 Å². The average molecular weight is 305 g/mol. The molecule has 0 heterocycles. The number of hydrogen-bond donors (Lipinski definition) is 2. The van der Waals surface area contributed by atoms with E-state index in [1.165, 1.54) is 25.1 Å². The van der Waals surface area contributed by atoms with Gasteiger partial charge in [-0.3, -0.25) is 4.79 Å². The molecule has 0 aromatic heterocycles. The molecule has 3 nitrogen and oxygen atoms in total. The predicted molar refractivity (Wildman–Crippen MR) is 65.1 cm³/mol. The Balaban J connectivity index is 3.19. The van der Waals surface area contributed by atoms with Crippen molar-refractivity contribution >= 4 is 21.9 Å².